The monoisotopic (exact) mass is 198 g/mol. The summed E-state index contributed by atoms with van der Waals surface area (Å²) in [6.45, 7) is 0. The summed E-state index contributed by atoms with van der Waals surface area (Å²) >= 11 is 0. The maximum Gasteiger partial charge on any atom is 0.219 e. The van der Waals surface area contributed by atoms with Gasteiger partial charge in [-0.05, 0) is 19.0 Å². The van der Waals surface area contributed by atoms with E-state index in [1.165, 1.54) is 0 Å². The minimum absolute atomic E-state index is 0.121. The van der Waals surface area contributed by atoms with Gasteiger partial charge >= 0.3 is 0 Å². The molecule has 14 heavy (non-hydrogen) atoms. The molecule has 0 N–H and O–H groups in total. The fourth-order valence-electron chi connectivity index (χ4n) is 1.91. The van der Waals surface area contributed by atoms with Gasteiger partial charge in [0.1, 0.15) is 0 Å². The van der Waals surface area contributed by atoms with E-state index in [4.69, 9.17) is 0 Å². The van der Waals surface area contributed by atoms with Gasteiger partial charge in [0, 0.05) is 31.4 Å². The summed E-state index contributed by atoms with van der Waals surface area (Å²) < 4.78 is 0. The SMILES string of the molecule is CN(C)/C=C/C1CCCCC1[N+](=O)[O-]. The third kappa shape index (κ3) is 3.01. The van der Waals surface area contributed by atoms with Crippen LogP contribution in [0.1, 0.15) is 25.7 Å². The Morgan fingerprint density at radius 2 is 2.00 bits per heavy atom. The van der Waals surface area contributed by atoms with Crippen LogP contribution in [0.25, 0.3) is 0 Å². The number of rotatable bonds is 3. The molecule has 0 radical (unpaired) electrons. The van der Waals surface area contributed by atoms with Crippen LogP contribution in [-0.4, -0.2) is 30.0 Å². The first-order chi connectivity index (χ1) is 6.61. The quantitative estimate of drug-likeness (QED) is 0.514. The second-order valence-corrected chi connectivity index (χ2v) is 4.11. The van der Waals surface area contributed by atoms with Crippen molar-refractivity contribution in [1.82, 2.24) is 4.90 Å². The van der Waals surface area contributed by atoms with E-state index in [0.717, 1.165) is 25.7 Å². The third-order valence-corrected chi connectivity index (χ3v) is 2.68. The van der Waals surface area contributed by atoms with Gasteiger partial charge in [0.25, 0.3) is 0 Å². The van der Waals surface area contributed by atoms with Crippen molar-refractivity contribution in [2.45, 2.75) is 31.7 Å². The summed E-state index contributed by atoms with van der Waals surface area (Å²) in [7, 11) is 3.86. The van der Waals surface area contributed by atoms with Crippen LogP contribution < -0.4 is 0 Å². The van der Waals surface area contributed by atoms with E-state index in [9.17, 15) is 10.1 Å². The van der Waals surface area contributed by atoms with Gasteiger partial charge in [0.15, 0.2) is 0 Å². The van der Waals surface area contributed by atoms with E-state index < -0.39 is 0 Å². The van der Waals surface area contributed by atoms with Crippen LogP contribution in [0.3, 0.4) is 0 Å². The number of nitrogens with zero attached hydrogens (tertiary/aromatic N) is 2. The molecule has 80 valence electrons. The second kappa shape index (κ2) is 4.98. The Hall–Kier alpha value is -1.06. The Morgan fingerprint density at radius 3 is 2.57 bits per heavy atom. The van der Waals surface area contributed by atoms with E-state index in [2.05, 4.69) is 0 Å². The largest absolute Gasteiger partial charge is 0.384 e. The van der Waals surface area contributed by atoms with Crippen LogP contribution in [0.15, 0.2) is 12.3 Å². The lowest BCUT2D eigenvalue weighted by Crippen LogP contribution is -2.31. The van der Waals surface area contributed by atoms with Crippen molar-refractivity contribution in [2.75, 3.05) is 14.1 Å². The average molecular weight is 198 g/mol. The Bertz CT molecular complexity index is 226. The van der Waals surface area contributed by atoms with Gasteiger partial charge in [-0.25, -0.2) is 0 Å². The fourth-order valence-corrected chi connectivity index (χ4v) is 1.91. The lowest BCUT2D eigenvalue weighted by molar-refractivity contribution is -0.533. The van der Waals surface area contributed by atoms with Gasteiger partial charge in [0.05, 0.1) is 0 Å². The highest BCUT2D eigenvalue weighted by Gasteiger charge is 2.31. The summed E-state index contributed by atoms with van der Waals surface area (Å²) in [5.41, 5.74) is 0. The zero-order valence-corrected chi connectivity index (χ0v) is 8.85. The minimum Gasteiger partial charge on any atom is -0.384 e. The molecule has 0 spiro atoms. The molecular weight excluding hydrogens is 180 g/mol. The zero-order valence-electron chi connectivity index (χ0n) is 8.85. The van der Waals surface area contributed by atoms with E-state index in [1.807, 2.05) is 31.3 Å². The van der Waals surface area contributed by atoms with Gasteiger partial charge in [-0.2, -0.15) is 0 Å². The minimum atomic E-state index is -0.361. The van der Waals surface area contributed by atoms with E-state index in [-0.39, 0.29) is 16.9 Å². The molecule has 0 aromatic carbocycles. The van der Waals surface area contributed by atoms with Gasteiger partial charge in [0.2, 0.25) is 6.04 Å². The molecule has 0 heterocycles. The highest BCUT2D eigenvalue weighted by molar-refractivity contribution is 4.92. The van der Waals surface area contributed by atoms with Gasteiger partial charge < -0.3 is 4.90 Å². The maximum atomic E-state index is 10.8. The van der Waals surface area contributed by atoms with Crippen LogP contribution in [0.2, 0.25) is 0 Å². The van der Waals surface area contributed by atoms with Crippen molar-refractivity contribution in [3.63, 3.8) is 0 Å². The van der Waals surface area contributed by atoms with Crippen molar-refractivity contribution in [1.29, 1.82) is 0 Å². The summed E-state index contributed by atoms with van der Waals surface area (Å²) in [4.78, 5) is 12.6. The van der Waals surface area contributed by atoms with Gasteiger partial charge in [-0.3, -0.25) is 10.1 Å². The molecule has 4 nitrogen and oxygen atoms in total. The smallest absolute Gasteiger partial charge is 0.219 e. The van der Waals surface area contributed by atoms with Crippen LogP contribution >= 0.6 is 0 Å². The van der Waals surface area contributed by atoms with Crippen LogP contribution in [0.5, 0.6) is 0 Å². The van der Waals surface area contributed by atoms with Crippen molar-refractivity contribution < 1.29 is 4.92 Å². The lowest BCUT2D eigenvalue weighted by atomic mass is 9.85. The Labute approximate surface area is 84.7 Å². The van der Waals surface area contributed by atoms with E-state index in [0.29, 0.717) is 0 Å². The molecule has 0 amide bonds. The average Bonchev–Trinajstić information content (AvgIpc) is 2.15. The molecule has 1 rings (SSSR count). The summed E-state index contributed by atoms with van der Waals surface area (Å²) in [6.07, 6.45) is 7.70. The van der Waals surface area contributed by atoms with Crippen LogP contribution in [0, 0.1) is 16.0 Å². The van der Waals surface area contributed by atoms with Crippen molar-refractivity contribution in [3.05, 3.63) is 22.4 Å². The molecule has 1 fully saturated rings. The first kappa shape index (κ1) is 11.0. The van der Waals surface area contributed by atoms with Crippen molar-refractivity contribution >= 4 is 0 Å². The number of hydrogen-bond donors (Lipinski definition) is 0. The number of nitro groups is 1. The predicted octanol–water partition coefficient (Wildman–Crippen LogP) is 1.90. The molecule has 0 aliphatic heterocycles. The zero-order chi connectivity index (χ0) is 10.6. The van der Waals surface area contributed by atoms with E-state index >= 15 is 0 Å². The van der Waals surface area contributed by atoms with Crippen LogP contribution in [-0.2, 0) is 0 Å². The normalized spacial score (nSPS) is 27.9. The summed E-state index contributed by atoms with van der Waals surface area (Å²) in [5, 5.41) is 10.8. The summed E-state index contributed by atoms with van der Waals surface area (Å²) in [6, 6.07) is -0.361. The first-order valence-electron chi connectivity index (χ1n) is 5.09. The highest BCUT2D eigenvalue weighted by atomic mass is 16.6. The van der Waals surface area contributed by atoms with Gasteiger partial charge in [-0.1, -0.05) is 12.5 Å². The van der Waals surface area contributed by atoms with Gasteiger partial charge in [-0.15, -0.1) is 0 Å². The second-order valence-electron chi connectivity index (χ2n) is 4.11. The predicted molar refractivity (Wildman–Crippen MR) is 55.6 cm³/mol. The Balaban J connectivity index is 2.58. The fraction of sp³-hybridized carbons (Fsp3) is 0.800. The standard InChI is InChI=1S/C10H18N2O2/c1-11(2)8-7-9-5-3-4-6-10(9)12(13)14/h7-10H,3-6H2,1-2H3/b8-7+. The lowest BCUT2D eigenvalue weighted by Gasteiger charge is -2.22. The molecule has 0 aromatic rings. The molecule has 0 aromatic heterocycles. The van der Waals surface area contributed by atoms with Crippen molar-refractivity contribution in [2.24, 2.45) is 5.92 Å². The molecule has 4 heteroatoms. The summed E-state index contributed by atoms with van der Waals surface area (Å²) in [5.74, 6) is 0.126. The van der Waals surface area contributed by atoms with Crippen LogP contribution in [0.4, 0.5) is 0 Å². The Kier molecular flexibility index (Phi) is 3.92. The topological polar surface area (TPSA) is 46.4 Å². The number of hydrogen-bond acceptors (Lipinski definition) is 3. The first-order valence-corrected chi connectivity index (χ1v) is 5.09. The van der Waals surface area contributed by atoms with Crippen molar-refractivity contribution in [3.8, 4) is 0 Å². The molecule has 0 bridgehead atoms. The molecule has 2 unspecified atom stereocenters. The maximum absolute atomic E-state index is 10.8. The highest BCUT2D eigenvalue weighted by Crippen LogP contribution is 2.27. The molecule has 2 atom stereocenters. The molecule has 0 saturated heterocycles. The molecule has 1 aliphatic carbocycles. The Morgan fingerprint density at radius 1 is 1.36 bits per heavy atom. The molecule has 1 saturated carbocycles. The third-order valence-electron chi connectivity index (χ3n) is 2.68. The van der Waals surface area contributed by atoms with E-state index in [1.54, 1.807) is 0 Å². The molecular formula is C10H18N2O2. The molecule has 1 aliphatic rings.